The number of carbonyl (C=O) groups is 2. The number of hydrogen-bond acceptors (Lipinski definition) is 6. The second-order valence-corrected chi connectivity index (χ2v) is 12.0. The van der Waals surface area contributed by atoms with E-state index in [0.717, 1.165) is 33.6 Å². The first-order valence-corrected chi connectivity index (χ1v) is 15.0. The third kappa shape index (κ3) is 6.57. The summed E-state index contributed by atoms with van der Waals surface area (Å²) >= 11 is 1.53. The van der Waals surface area contributed by atoms with Crippen LogP contribution in [0.5, 0.6) is 0 Å². The molecule has 0 bridgehead atoms. The van der Waals surface area contributed by atoms with Crippen LogP contribution in [0.2, 0.25) is 0 Å². The highest BCUT2D eigenvalue weighted by molar-refractivity contribution is 7.13. The fourth-order valence-electron chi connectivity index (χ4n) is 5.98. The van der Waals surface area contributed by atoms with E-state index in [0.29, 0.717) is 42.3 Å². The van der Waals surface area contributed by atoms with Crippen molar-refractivity contribution in [2.45, 2.75) is 63.9 Å². The minimum absolute atomic E-state index is 0.0161. The first kappa shape index (κ1) is 29.5. The van der Waals surface area contributed by atoms with Gasteiger partial charge < -0.3 is 15.3 Å². The van der Waals surface area contributed by atoms with Gasteiger partial charge in [-0.3, -0.25) is 14.5 Å². The van der Waals surface area contributed by atoms with Crippen molar-refractivity contribution < 1.29 is 27.9 Å². The standard InChI is InChI=1S/C30H35F3N4O3S/c1-19(20-8-3-2-4-9-20)34-28(39)25-21-10-5-6-11-23(21)35-26(24-12-7-17-41-24)22(25)18-36-13-15-37(16-14-36)29(40)27(38)30(31,32)33/h5-7,10-12,17,19-20,27,38H,2-4,8-9,13-16,18H2,1H3,(H,34,39). The summed E-state index contributed by atoms with van der Waals surface area (Å²) in [5.74, 6) is -1.06. The van der Waals surface area contributed by atoms with Crippen molar-refractivity contribution in [1.82, 2.24) is 20.1 Å². The van der Waals surface area contributed by atoms with Crippen LogP contribution in [-0.4, -0.2) is 76.2 Å². The Morgan fingerprint density at radius 1 is 1.07 bits per heavy atom. The summed E-state index contributed by atoms with van der Waals surface area (Å²) in [6.07, 6.45) is -2.26. The molecule has 2 aromatic heterocycles. The number of carbonyl (C=O) groups excluding carboxylic acids is 2. The van der Waals surface area contributed by atoms with E-state index in [9.17, 15) is 27.9 Å². The van der Waals surface area contributed by atoms with E-state index < -0.39 is 18.2 Å². The Balaban J connectivity index is 1.45. The minimum Gasteiger partial charge on any atom is -0.376 e. The third-order valence-corrected chi connectivity index (χ3v) is 9.18. The smallest absolute Gasteiger partial charge is 0.376 e. The molecule has 2 aliphatic rings. The largest absolute Gasteiger partial charge is 0.423 e. The SMILES string of the molecule is CC(NC(=O)c1c(CN2CCN(C(=O)C(O)C(F)(F)F)CC2)c(-c2cccs2)nc2ccccc12)C1CCCCC1. The second-order valence-electron chi connectivity index (χ2n) is 11.0. The van der Waals surface area contributed by atoms with E-state index >= 15 is 0 Å². The van der Waals surface area contributed by atoms with Crippen LogP contribution in [0.15, 0.2) is 41.8 Å². The van der Waals surface area contributed by atoms with Crippen molar-refractivity contribution in [2.75, 3.05) is 26.2 Å². The number of nitrogens with zero attached hydrogens (tertiary/aromatic N) is 3. The third-order valence-electron chi connectivity index (χ3n) is 8.30. The summed E-state index contributed by atoms with van der Waals surface area (Å²) in [5, 5.41) is 15.4. The van der Waals surface area contributed by atoms with Crippen LogP contribution >= 0.6 is 11.3 Å². The first-order valence-electron chi connectivity index (χ1n) is 14.2. The number of thiophene rings is 1. The number of hydrogen-bond donors (Lipinski definition) is 2. The molecule has 1 saturated carbocycles. The topological polar surface area (TPSA) is 85.8 Å². The number of benzene rings is 1. The second kappa shape index (κ2) is 12.5. The van der Waals surface area contributed by atoms with Crippen LogP contribution in [-0.2, 0) is 11.3 Å². The Bertz CT molecular complexity index is 1370. The van der Waals surface area contributed by atoms with E-state index in [1.54, 1.807) is 0 Å². The molecule has 1 aromatic carbocycles. The molecule has 2 N–H and O–H groups in total. The molecule has 5 rings (SSSR count). The van der Waals surface area contributed by atoms with Crippen molar-refractivity contribution in [3.8, 4) is 10.6 Å². The zero-order chi connectivity index (χ0) is 29.1. The van der Waals surface area contributed by atoms with Gasteiger partial charge in [-0.25, -0.2) is 4.98 Å². The monoisotopic (exact) mass is 588 g/mol. The number of halogens is 3. The zero-order valence-corrected chi connectivity index (χ0v) is 23.8. The number of piperazine rings is 1. The van der Waals surface area contributed by atoms with Gasteiger partial charge in [0.1, 0.15) is 0 Å². The number of amides is 2. The van der Waals surface area contributed by atoms with Crippen molar-refractivity contribution in [2.24, 2.45) is 5.92 Å². The van der Waals surface area contributed by atoms with Gasteiger partial charge in [-0.2, -0.15) is 13.2 Å². The molecule has 2 fully saturated rings. The lowest BCUT2D eigenvalue weighted by atomic mass is 9.84. The van der Waals surface area contributed by atoms with Crippen LogP contribution in [0.4, 0.5) is 13.2 Å². The summed E-state index contributed by atoms with van der Waals surface area (Å²) in [5.41, 5.74) is 2.74. The summed E-state index contributed by atoms with van der Waals surface area (Å²) in [7, 11) is 0. The van der Waals surface area contributed by atoms with Gasteiger partial charge >= 0.3 is 6.18 Å². The molecule has 7 nitrogen and oxygen atoms in total. The molecule has 0 radical (unpaired) electrons. The molecule has 2 unspecified atom stereocenters. The van der Waals surface area contributed by atoms with E-state index in [1.807, 2.05) is 46.7 Å². The Morgan fingerprint density at radius 3 is 2.44 bits per heavy atom. The first-order chi connectivity index (χ1) is 19.6. The Labute approximate surface area is 241 Å². The van der Waals surface area contributed by atoms with Gasteiger partial charge in [0.15, 0.2) is 0 Å². The number of nitrogens with one attached hydrogen (secondary N) is 1. The average molecular weight is 589 g/mol. The summed E-state index contributed by atoms with van der Waals surface area (Å²) in [6, 6.07) is 11.5. The molecule has 1 aliphatic heterocycles. The highest BCUT2D eigenvalue weighted by Crippen LogP contribution is 2.35. The van der Waals surface area contributed by atoms with Crippen LogP contribution in [0.1, 0.15) is 54.9 Å². The molecule has 41 heavy (non-hydrogen) atoms. The maximum absolute atomic E-state index is 14.1. The van der Waals surface area contributed by atoms with Crippen molar-refractivity contribution >= 4 is 34.1 Å². The quantitative estimate of drug-likeness (QED) is 0.395. The summed E-state index contributed by atoms with van der Waals surface area (Å²) in [6.45, 7) is 3.10. The van der Waals surface area contributed by atoms with Gasteiger partial charge in [0.05, 0.1) is 21.7 Å². The van der Waals surface area contributed by atoms with Crippen LogP contribution in [0.3, 0.4) is 0 Å². The highest BCUT2D eigenvalue weighted by Gasteiger charge is 2.45. The number of para-hydroxylation sites is 1. The number of rotatable bonds is 7. The Hall–Kier alpha value is -3.02. The maximum Gasteiger partial charge on any atom is 0.423 e. The number of pyridine rings is 1. The van der Waals surface area contributed by atoms with Crippen LogP contribution in [0.25, 0.3) is 21.5 Å². The molecule has 1 saturated heterocycles. The van der Waals surface area contributed by atoms with Gasteiger partial charge in [-0.1, -0.05) is 43.5 Å². The van der Waals surface area contributed by atoms with Gasteiger partial charge in [-0.05, 0) is 43.2 Å². The summed E-state index contributed by atoms with van der Waals surface area (Å²) in [4.78, 5) is 35.2. The number of aliphatic hydroxyl groups is 1. The normalized spacial score (nSPS) is 18.8. The number of aromatic nitrogens is 1. The van der Waals surface area contributed by atoms with Crippen molar-refractivity contribution in [3.05, 3.63) is 52.9 Å². The fourth-order valence-corrected chi connectivity index (χ4v) is 6.72. The van der Waals surface area contributed by atoms with Crippen molar-refractivity contribution in [3.63, 3.8) is 0 Å². The van der Waals surface area contributed by atoms with Gasteiger partial charge in [-0.15, -0.1) is 11.3 Å². The molecular weight excluding hydrogens is 553 g/mol. The lowest BCUT2D eigenvalue weighted by Gasteiger charge is -2.36. The molecule has 220 valence electrons. The van der Waals surface area contributed by atoms with Crippen molar-refractivity contribution in [1.29, 1.82) is 0 Å². The molecular formula is C30H35F3N4O3S. The summed E-state index contributed by atoms with van der Waals surface area (Å²) < 4.78 is 38.7. The Morgan fingerprint density at radius 2 is 1.78 bits per heavy atom. The van der Waals surface area contributed by atoms with Crippen LogP contribution in [0, 0.1) is 5.92 Å². The number of alkyl halides is 3. The molecule has 3 aromatic rings. The highest BCUT2D eigenvalue weighted by atomic mass is 32.1. The Kier molecular flexibility index (Phi) is 8.96. The predicted molar refractivity (Wildman–Crippen MR) is 152 cm³/mol. The molecule has 2 atom stereocenters. The van der Waals surface area contributed by atoms with Crippen LogP contribution < -0.4 is 5.32 Å². The van der Waals surface area contributed by atoms with E-state index in [4.69, 9.17) is 4.98 Å². The van der Waals surface area contributed by atoms with Gasteiger partial charge in [0.25, 0.3) is 11.8 Å². The molecule has 0 spiro atoms. The molecule has 2 amide bonds. The molecule has 3 heterocycles. The minimum atomic E-state index is -5.00. The number of aliphatic hydroxyl groups excluding tert-OH is 1. The number of fused-ring (bicyclic) bond motifs is 1. The fraction of sp³-hybridized carbons (Fsp3) is 0.500. The lowest BCUT2D eigenvalue weighted by molar-refractivity contribution is -0.211. The maximum atomic E-state index is 14.1. The zero-order valence-electron chi connectivity index (χ0n) is 23.0. The van der Waals surface area contributed by atoms with Gasteiger partial charge in [0, 0.05) is 49.7 Å². The van der Waals surface area contributed by atoms with E-state index in [1.165, 1.54) is 30.6 Å². The molecule has 11 heteroatoms. The average Bonchev–Trinajstić information content (AvgIpc) is 3.51. The lowest BCUT2D eigenvalue weighted by Crippen LogP contribution is -2.54. The predicted octanol–water partition coefficient (Wildman–Crippen LogP) is 5.23. The molecule has 1 aliphatic carbocycles. The van der Waals surface area contributed by atoms with E-state index in [-0.39, 0.29) is 25.0 Å². The van der Waals surface area contributed by atoms with Gasteiger partial charge in [0.2, 0.25) is 6.10 Å². The van der Waals surface area contributed by atoms with E-state index in [2.05, 4.69) is 12.2 Å².